The maximum atomic E-state index is 12.0. The average molecular weight is 393 g/mol. The Hall–Kier alpha value is -1.83. The Balaban J connectivity index is 1.54. The van der Waals surface area contributed by atoms with Gasteiger partial charge in [-0.15, -0.1) is 21.5 Å². The highest BCUT2D eigenvalue weighted by Gasteiger charge is 2.13. The van der Waals surface area contributed by atoms with Crippen LogP contribution in [-0.4, -0.2) is 26.4 Å². The highest BCUT2D eigenvalue weighted by molar-refractivity contribution is 7.99. The van der Waals surface area contributed by atoms with Crippen molar-refractivity contribution >= 4 is 40.6 Å². The summed E-state index contributed by atoms with van der Waals surface area (Å²) in [6, 6.07) is 9.50. The zero-order chi connectivity index (χ0) is 17.8. The molecule has 1 amide bonds. The van der Waals surface area contributed by atoms with Crippen LogP contribution in [0.25, 0.3) is 11.4 Å². The molecule has 0 unspecified atom stereocenters. The third kappa shape index (κ3) is 4.62. The molecule has 2 heterocycles. The number of thiophene rings is 1. The van der Waals surface area contributed by atoms with Gasteiger partial charge in [-0.25, -0.2) is 0 Å². The number of nitrogens with one attached hydrogen (secondary N) is 1. The van der Waals surface area contributed by atoms with E-state index in [2.05, 4.69) is 33.9 Å². The van der Waals surface area contributed by atoms with Crippen molar-refractivity contribution in [1.82, 2.24) is 20.1 Å². The van der Waals surface area contributed by atoms with Crippen LogP contribution in [-0.2, 0) is 18.4 Å². The lowest BCUT2D eigenvalue weighted by Gasteiger charge is -2.06. The normalized spacial score (nSPS) is 10.8. The van der Waals surface area contributed by atoms with Crippen molar-refractivity contribution in [3.63, 3.8) is 0 Å². The molecule has 0 bridgehead atoms. The second-order valence-corrected chi connectivity index (χ2v) is 8.00. The summed E-state index contributed by atoms with van der Waals surface area (Å²) in [6.45, 7) is 2.54. The zero-order valence-electron chi connectivity index (χ0n) is 13.8. The summed E-state index contributed by atoms with van der Waals surface area (Å²) in [4.78, 5) is 13.3. The average Bonchev–Trinajstić information content (AvgIpc) is 3.18. The van der Waals surface area contributed by atoms with Gasteiger partial charge in [-0.2, -0.15) is 0 Å². The molecule has 1 N–H and O–H groups in total. The Morgan fingerprint density at radius 3 is 2.76 bits per heavy atom. The number of aromatic nitrogens is 3. The molecule has 3 aromatic rings. The fourth-order valence-corrected chi connectivity index (χ4v) is 3.78. The van der Waals surface area contributed by atoms with Crippen molar-refractivity contribution < 1.29 is 4.79 Å². The Labute approximate surface area is 159 Å². The van der Waals surface area contributed by atoms with Gasteiger partial charge in [0.25, 0.3) is 0 Å². The number of carbonyl (C=O) groups is 1. The summed E-state index contributed by atoms with van der Waals surface area (Å²) in [6.07, 6.45) is 0. The number of nitrogens with zero attached hydrogens (tertiary/aromatic N) is 3. The summed E-state index contributed by atoms with van der Waals surface area (Å²) < 4.78 is 1.92. The lowest BCUT2D eigenvalue weighted by molar-refractivity contribution is -0.118. The van der Waals surface area contributed by atoms with Crippen molar-refractivity contribution in [3.8, 4) is 11.4 Å². The smallest absolute Gasteiger partial charge is 0.230 e. The predicted molar refractivity (Wildman–Crippen MR) is 103 cm³/mol. The monoisotopic (exact) mass is 392 g/mol. The molecule has 2 aromatic heterocycles. The van der Waals surface area contributed by atoms with Crippen LogP contribution < -0.4 is 5.32 Å². The van der Waals surface area contributed by atoms with Crippen LogP contribution in [0.15, 0.2) is 40.9 Å². The van der Waals surface area contributed by atoms with Crippen LogP contribution in [0, 0.1) is 6.92 Å². The van der Waals surface area contributed by atoms with Crippen LogP contribution in [0.2, 0.25) is 5.02 Å². The minimum Gasteiger partial charge on any atom is -0.351 e. The molecular formula is C17H17ClN4OS2. The van der Waals surface area contributed by atoms with Crippen molar-refractivity contribution in [2.75, 3.05) is 5.75 Å². The summed E-state index contributed by atoms with van der Waals surface area (Å²) in [5.74, 6) is 1.06. The Morgan fingerprint density at radius 1 is 1.32 bits per heavy atom. The molecule has 0 atom stereocenters. The molecule has 25 heavy (non-hydrogen) atoms. The second kappa shape index (κ2) is 8.03. The first-order valence-corrected chi connectivity index (χ1v) is 9.86. The van der Waals surface area contributed by atoms with E-state index < -0.39 is 0 Å². The van der Waals surface area contributed by atoms with Crippen LogP contribution in [0.3, 0.4) is 0 Å². The zero-order valence-corrected chi connectivity index (χ0v) is 16.2. The first kappa shape index (κ1) is 18.0. The number of benzene rings is 1. The molecule has 0 saturated heterocycles. The maximum Gasteiger partial charge on any atom is 0.230 e. The fourth-order valence-electron chi connectivity index (χ4n) is 2.24. The molecule has 0 aliphatic carbocycles. The van der Waals surface area contributed by atoms with Gasteiger partial charge in [0.15, 0.2) is 11.0 Å². The largest absolute Gasteiger partial charge is 0.351 e. The number of hydrogen-bond donors (Lipinski definition) is 1. The lowest BCUT2D eigenvalue weighted by atomic mass is 10.2. The SMILES string of the molecule is Cc1cc(-c2nnc(SCC(=O)NCc3ccc(Cl)cc3)n2C)cs1. The van der Waals surface area contributed by atoms with E-state index in [0.29, 0.717) is 17.3 Å². The topological polar surface area (TPSA) is 59.8 Å². The van der Waals surface area contributed by atoms with E-state index in [1.165, 1.54) is 16.6 Å². The van der Waals surface area contributed by atoms with Gasteiger partial charge in [0.05, 0.1) is 5.75 Å². The van der Waals surface area contributed by atoms with Gasteiger partial charge >= 0.3 is 0 Å². The number of thioether (sulfide) groups is 1. The van der Waals surface area contributed by atoms with E-state index in [1.54, 1.807) is 11.3 Å². The van der Waals surface area contributed by atoms with Crippen molar-refractivity contribution in [2.24, 2.45) is 7.05 Å². The molecule has 0 saturated carbocycles. The highest BCUT2D eigenvalue weighted by Crippen LogP contribution is 2.26. The number of hydrogen-bond acceptors (Lipinski definition) is 5. The number of carbonyl (C=O) groups excluding carboxylic acids is 1. The van der Waals surface area contributed by atoms with Crippen molar-refractivity contribution in [3.05, 3.63) is 51.2 Å². The van der Waals surface area contributed by atoms with Gasteiger partial charge in [-0.3, -0.25) is 4.79 Å². The van der Waals surface area contributed by atoms with Crippen LogP contribution >= 0.6 is 34.7 Å². The summed E-state index contributed by atoms with van der Waals surface area (Å²) in [7, 11) is 1.91. The summed E-state index contributed by atoms with van der Waals surface area (Å²) in [5, 5.41) is 14.8. The minimum absolute atomic E-state index is 0.0455. The molecule has 0 spiro atoms. The summed E-state index contributed by atoms with van der Waals surface area (Å²) in [5.41, 5.74) is 2.06. The molecule has 0 fully saturated rings. The second-order valence-electron chi connectivity index (χ2n) is 5.50. The van der Waals surface area contributed by atoms with E-state index in [9.17, 15) is 4.79 Å². The van der Waals surface area contributed by atoms with Crippen molar-refractivity contribution in [1.29, 1.82) is 0 Å². The van der Waals surface area contributed by atoms with Crippen molar-refractivity contribution in [2.45, 2.75) is 18.6 Å². The quantitative estimate of drug-likeness (QED) is 0.646. The van der Waals surface area contributed by atoms with Gasteiger partial charge in [0.1, 0.15) is 0 Å². The van der Waals surface area contributed by atoms with Crippen LogP contribution in [0.1, 0.15) is 10.4 Å². The van der Waals surface area contributed by atoms with E-state index in [4.69, 9.17) is 11.6 Å². The molecule has 1 aromatic carbocycles. The molecule has 0 aliphatic rings. The molecule has 8 heteroatoms. The van der Waals surface area contributed by atoms with E-state index in [1.807, 2.05) is 35.9 Å². The first-order valence-electron chi connectivity index (χ1n) is 7.62. The third-order valence-electron chi connectivity index (χ3n) is 3.56. The number of halogens is 1. The van der Waals surface area contributed by atoms with Crippen LogP contribution in [0.5, 0.6) is 0 Å². The van der Waals surface area contributed by atoms with E-state index in [0.717, 1.165) is 22.1 Å². The molecule has 5 nitrogen and oxygen atoms in total. The van der Waals surface area contributed by atoms with Gasteiger partial charge < -0.3 is 9.88 Å². The Bertz CT molecular complexity index is 873. The molecule has 0 aliphatic heterocycles. The van der Waals surface area contributed by atoms with Gasteiger partial charge in [0, 0.05) is 34.4 Å². The molecule has 3 rings (SSSR count). The number of amides is 1. The number of aryl methyl sites for hydroxylation is 1. The highest BCUT2D eigenvalue weighted by atomic mass is 35.5. The minimum atomic E-state index is -0.0455. The van der Waals surface area contributed by atoms with Crippen LogP contribution in [0.4, 0.5) is 0 Å². The molecular weight excluding hydrogens is 376 g/mol. The number of rotatable bonds is 6. The van der Waals surface area contributed by atoms with Gasteiger partial charge in [-0.1, -0.05) is 35.5 Å². The maximum absolute atomic E-state index is 12.0. The van der Waals surface area contributed by atoms with Gasteiger partial charge in [-0.05, 0) is 30.7 Å². The standard InChI is InChI=1S/C17H17ClN4OS2/c1-11-7-13(9-24-11)16-20-21-17(22(16)2)25-10-15(23)19-8-12-3-5-14(18)6-4-12/h3-7,9H,8,10H2,1-2H3,(H,19,23). The third-order valence-corrected chi connectivity index (χ3v) is 5.69. The Morgan fingerprint density at radius 2 is 2.08 bits per heavy atom. The Kier molecular flexibility index (Phi) is 5.78. The molecule has 130 valence electrons. The molecule has 0 radical (unpaired) electrons. The lowest BCUT2D eigenvalue weighted by Crippen LogP contribution is -2.24. The first-order chi connectivity index (χ1) is 12.0. The predicted octanol–water partition coefficient (Wildman–Crippen LogP) is 3.91. The van der Waals surface area contributed by atoms with Gasteiger partial charge in [0.2, 0.25) is 5.91 Å². The summed E-state index contributed by atoms with van der Waals surface area (Å²) >= 11 is 8.90. The van der Waals surface area contributed by atoms with E-state index in [-0.39, 0.29) is 5.91 Å². The van der Waals surface area contributed by atoms with E-state index >= 15 is 0 Å². The fraction of sp³-hybridized carbons (Fsp3) is 0.235.